The van der Waals surface area contributed by atoms with E-state index in [0.29, 0.717) is 5.56 Å². The van der Waals surface area contributed by atoms with Crippen LogP contribution in [0.4, 0.5) is 9.18 Å². The number of methoxy groups -OCH3 is 1. The fourth-order valence-electron chi connectivity index (χ4n) is 1.88. The van der Waals surface area contributed by atoms with Crippen molar-refractivity contribution in [3.63, 3.8) is 0 Å². The lowest BCUT2D eigenvalue weighted by atomic mass is 9.98. The Balaban J connectivity index is 2.97. The van der Waals surface area contributed by atoms with Crippen molar-refractivity contribution < 1.29 is 23.5 Å². The van der Waals surface area contributed by atoms with Crippen molar-refractivity contribution in [2.45, 2.75) is 32.3 Å². The molecule has 0 heterocycles. The van der Waals surface area contributed by atoms with Crippen molar-refractivity contribution in [3.05, 3.63) is 34.6 Å². The second-order valence-electron chi connectivity index (χ2n) is 6.11. The Morgan fingerprint density at radius 1 is 1.35 bits per heavy atom. The summed E-state index contributed by atoms with van der Waals surface area (Å²) in [4.78, 5) is 25.3. The van der Waals surface area contributed by atoms with Crippen molar-refractivity contribution in [1.29, 1.82) is 0 Å². The van der Waals surface area contributed by atoms with E-state index in [4.69, 9.17) is 21.1 Å². The first kappa shape index (κ1) is 19.2. The maximum absolute atomic E-state index is 13.3. The van der Waals surface area contributed by atoms with E-state index in [1.807, 2.05) is 0 Å². The minimum Gasteiger partial charge on any atom is -0.468 e. The lowest BCUT2D eigenvalue weighted by Gasteiger charge is -2.27. The fourth-order valence-corrected chi connectivity index (χ4v) is 2.06. The van der Waals surface area contributed by atoms with Crippen molar-refractivity contribution in [1.82, 2.24) is 4.90 Å². The minimum absolute atomic E-state index is 0.0174. The number of amides is 1. The van der Waals surface area contributed by atoms with E-state index in [0.717, 1.165) is 0 Å². The highest BCUT2D eigenvalue weighted by molar-refractivity contribution is 6.30. The molecule has 1 unspecified atom stereocenters. The molecule has 1 aromatic carbocycles. The first-order valence-corrected chi connectivity index (χ1v) is 7.40. The van der Waals surface area contributed by atoms with Crippen LogP contribution in [0.1, 0.15) is 32.3 Å². The highest BCUT2D eigenvalue weighted by Crippen LogP contribution is 2.24. The van der Waals surface area contributed by atoms with Gasteiger partial charge in [-0.25, -0.2) is 9.18 Å². The van der Waals surface area contributed by atoms with E-state index < -0.39 is 29.4 Å². The van der Waals surface area contributed by atoms with Crippen LogP contribution in [0.3, 0.4) is 0 Å². The maximum Gasteiger partial charge on any atom is 0.410 e. The number of hydrogen-bond acceptors (Lipinski definition) is 4. The summed E-state index contributed by atoms with van der Waals surface area (Å²) in [5.41, 5.74) is -0.190. The van der Waals surface area contributed by atoms with Gasteiger partial charge < -0.3 is 14.4 Å². The number of carbonyl (C=O) groups is 2. The Morgan fingerprint density at radius 2 is 1.96 bits per heavy atom. The summed E-state index contributed by atoms with van der Waals surface area (Å²) in [5.74, 6) is -1.93. The molecule has 1 amide bonds. The SMILES string of the molecule is COC(=O)C(CN(C)C(=O)OC(C)(C)C)c1ccc(F)c(Cl)c1. The number of hydrogen-bond donors (Lipinski definition) is 0. The van der Waals surface area contributed by atoms with Gasteiger partial charge in [0, 0.05) is 13.6 Å². The standard InChI is InChI=1S/C16H21ClFNO4/c1-16(2,3)23-15(21)19(4)9-11(14(20)22-5)10-6-7-13(18)12(17)8-10/h6-8,11H,9H2,1-5H3. The average molecular weight is 346 g/mol. The third-order valence-electron chi connectivity index (χ3n) is 2.99. The summed E-state index contributed by atoms with van der Waals surface area (Å²) in [6.07, 6.45) is -0.570. The molecule has 0 spiro atoms. The van der Waals surface area contributed by atoms with Crippen LogP contribution in [0.15, 0.2) is 18.2 Å². The number of nitrogens with zero attached hydrogens (tertiary/aromatic N) is 1. The molecule has 0 saturated carbocycles. The molecule has 0 saturated heterocycles. The van der Waals surface area contributed by atoms with Gasteiger partial charge in [0.2, 0.25) is 0 Å². The highest BCUT2D eigenvalue weighted by Gasteiger charge is 2.28. The lowest BCUT2D eigenvalue weighted by Crippen LogP contribution is -2.38. The van der Waals surface area contributed by atoms with Gasteiger partial charge in [0.1, 0.15) is 11.4 Å². The van der Waals surface area contributed by atoms with Crippen molar-refractivity contribution in [2.24, 2.45) is 0 Å². The van der Waals surface area contributed by atoms with Gasteiger partial charge in [-0.15, -0.1) is 0 Å². The Kier molecular flexibility index (Phi) is 6.38. The van der Waals surface area contributed by atoms with Gasteiger partial charge in [-0.2, -0.15) is 0 Å². The molecule has 0 fully saturated rings. The van der Waals surface area contributed by atoms with Gasteiger partial charge in [0.15, 0.2) is 0 Å². The smallest absolute Gasteiger partial charge is 0.410 e. The molecule has 0 N–H and O–H groups in total. The third kappa shape index (κ3) is 5.71. The van der Waals surface area contributed by atoms with Crippen LogP contribution < -0.4 is 0 Å². The molecule has 23 heavy (non-hydrogen) atoms. The average Bonchev–Trinajstić information content (AvgIpc) is 2.45. The maximum atomic E-state index is 13.3. The normalized spacial score (nSPS) is 12.5. The van der Waals surface area contributed by atoms with Crippen LogP contribution >= 0.6 is 11.6 Å². The topological polar surface area (TPSA) is 55.8 Å². The number of likely N-dealkylation sites (N-methyl/N-ethyl adjacent to an activating group) is 1. The predicted octanol–water partition coefficient (Wildman–Crippen LogP) is 3.60. The van der Waals surface area contributed by atoms with E-state index in [2.05, 4.69) is 0 Å². The Bertz CT molecular complexity index is 586. The van der Waals surface area contributed by atoms with Gasteiger partial charge in [-0.05, 0) is 38.5 Å². The predicted molar refractivity (Wildman–Crippen MR) is 85.0 cm³/mol. The molecule has 1 atom stereocenters. The molecular weight excluding hydrogens is 325 g/mol. The fraction of sp³-hybridized carbons (Fsp3) is 0.500. The van der Waals surface area contributed by atoms with Crippen LogP contribution in [0.5, 0.6) is 0 Å². The number of benzene rings is 1. The monoisotopic (exact) mass is 345 g/mol. The molecular formula is C16H21ClFNO4. The van der Waals surface area contributed by atoms with Crippen molar-refractivity contribution in [2.75, 3.05) is 20.7 Å². The zero-order chi connectivity index (χ0) is 17.8. The van der Waals surface area contributed by atoms with E-state index >= 15 is 0 Å². The molecule has 1 aromatic rings. The first-order valence-electron chi connectivity index (χ1n) is 7.02. The van der Waals surface area contributed by atoms with Crippen LogP contribution in [-0.4, -0.2) is 43.3 Å². The summed E-state index contributed by atoms with van der Waals surface area (Å²) in [6, 6.07) is 3.95. The van der Waals surface area contributed by atoms with Crippen molar-refractivity contribution >= 4 is 23.7 Å². The van der Waals surface area contributed by atoms with E-state index in [-0.39, 0.29) is 11.6 Å². The molecule has 0 aliphatic carbocycles. The van der Waals surface area contributed by atoms with Gasteiger partial charge >= 0.3 is 12.1 Å². The van der Waals surface area contributed by atoms with Crippen LogP contribution in [0.2, 0.25) is 5.02 Å². The van der Waals surface area contributed by atoms with Gasteiger partial charge in [-0.3, -0.25) is 4.79 Å². The molecule has 5 nitrogen and oxygen atoms in total. The molecule has 0 aromatic heterocycles. The lowest BCUT2D eigenvalue weighted by molar-refractivity contribution is -0.142. The highest BCUT2D eigenvalue weighted by atomic mass is 35.5. The zero-order valence-corrected chi connectivity index (χ0v) is 14.6. The van der Waals surface area contributed by atoms with Gasteiger partial charge in [0.25, 0.3) is 0 Å². The molecule has 7 heteroatoms. The van der Waals surface area contributed by atoms with Crippen LogP contribution in [0.25, 0.3) is 0 Å². The number of ether oxygens (including phenoxy) is 2. The van der Waals surface area contributed by atoms with Gasteiger partial charge in [0.05, 0.1) is 18.1 Å². The zero-order valence-electron chi connectivity index (χ0n) is 13.9. The number of carbonyl (C=O) groups excluding carboxylic acids is 2. The molecule has 128 valence electrons. The summed E-state index contributed by atoms with van der Waals surface area (Å²) in [7, 11) is 2.75. The molecule has 0 radical (unpaired) electrons. The quantitative estimate of drug-likeness (QED) is 0.782. The summed E-state index contributed by atoms with van der Waals surface area (Å²) >= 11 is 5.76. The Morgan fingerprint density at radius 3 is 2.43 bits per heavy atom. The number of esters is 1. The number of rotatable bonds is 4. The summed E-state index contributed by atoms with van der Waals surface area (Å²) < 4.78 is 23.3. The minimum atomic E-state index is -0.796. The third-order valence-corrected chi connectivity index (χ3v) is 3.28. The number of halogens is 2. The second kappa shape index (κ2) is 7.64. The van der Waals surface area contributed by atoms with E-state index in [1.165, 1.54) is 37.3 Å². The molecule has 0 aliphatic heterocycles. The van der Waals surface area contributed by atoms with Crippen LogP contribution in [0, 0.1) is 5.82 Å². The van der Waals surface area contributed by atoms with E-state index in [9.17, 15) is 14.0 Å². The summed E-state index contributed by atoms with van der Waals surface area (Å²) in [5, 5.41) is -0.101. The molecule has 0 bridgehead atoms. The van der Waals surface area contributed by atoms with Crippen molar-refractivity contribution in [3.8, 4) is 0 Å². The second-order valence-corrected chi connectivity index (χ2v) is 6.52. The molecule has 0 aliphatic rings. The van der Waals surface area contributed by atoms with Crippen LogP contribution in [-0.2, 0) is 14.3 Å². The first-order chi connectivity index (χ1) is 10.5. The largest absolute Gasteiger partial charge is 0.468 e. The van der Waals surface area contributed by atoms with E-state index in [1.54, 1.807) is 20.8 Å². The Hall–Kier alpha value is -1.82. The summed E-state index contributed by atoms with van der Waals surface area (Å²) in [6.45, 7) is 5.26. The Labute approximate surface area is 140 Å². The van der Waals surface area contributed by atoms with Gasteiger partial charge in [-0.1, -0.05) is 17.7 Å². The molecule has 1 rings (SSSR count).